The molecule has 0 aliphatic carbocycles. The fraction of sp³-hybridized carbons (Fsp3) is 0.381. The average Bonchev–Trinajstić information content (AvgIpc) is 2.72. The molecule has 1 heterocycles. The zero-order chi connectivity index (χ0) is 18.2. The van der Waals surface area contributed by atoms with Gasteiger partial charge in [-0.2, -0.15) is 0 Å². The Kier molecular flexibility index (Phi) is 6.50. The van der Waals surface area contributed by atoms with Crippen molar-refractivity contribution in [1.29, 1.82) is 0 Å². The number of rotatable bonds is 7. The van der Waals surface area contributed by atoms with Gasteiger partial charge in [0.15, 0.2) is 0 Å². The first-order chi connectivity index (χ1) is 12.8. The Hall–Kier alpha value is -2.53. The van der Waals surface area contributed by atoms with E-state index >= 15 is 0 Å². The normalized spacial score (nSPS) is 14.1. The quantitative estimate of drug-likeness (QED) is 0.831. The molecule has 1 N–H and O–H groups in total. The first-order valence-corrected chi connectivity index (χ1v) is 9.06. The minimum absolute atomic E-state index is 0.0492. The van der Waals surface area contributed by atoms with Crippen LogP contribution in [0.3, 0.4) is 0 Å². The number of hydrogen-bond acceptors (Lipinski definition) is 4. The van der Waals surface area contributed by atoms with E-state index in [1.807, 2.05) is 24.3 Å². The molecule has 0 aromatic heterocycles. The van der Waals surface area contributed by atoms with Crippen LogP contribution in [0.25, 0.3) is 0 Å². The molecule has 1 fully saturated rings. The summed E-state index contributed by atoms with van der Waals surface area (Å²) in [6, 6.07) is 16.2. The first kappa shape index (κ1) is 18.3. The second kappa shape index (κ2) is 9.25. The minimum Gasteiger partial charge on any atom is -0.496 e. The van der Waals surface area contributed by atoms with Crippen LogP contribution >= 0.6 is 0 Å². The molecule has 2 aromatic carbocycles. The number of benzene rings is 2. The van der Waals surface area contributed by atoms with Crippen molar-refractivity contribution in [2.45, 2.75) is 19.4 Å². The Morgan fingerprint density at radius 3 is 2.58 bits per heavy atom. The van der Waals surface area contributed by atoms with Gasteiger partial charge in [-0.3, -0.25) is 4.79 Å². The number of nitrogens with one attached hydrogen (secondary N) is 1. The second-order valence-corrected chi connectivity index (χ2v) is 6.35. The molecular formula is C21H26N2O3. The molecule has 5 heteroatoms. The molecule has 0 atom stereocenters. The van der Waals surface area contributed by atoms with Crippen molar-refractivity contribution < 1.29 is 14.3 Å². The highest BCUT2D eigenvalue weighted by Gasteiger charge is 2.11. The van der Waals surface area contributed by atoms with E-state index in [-0.39, 0.29) is 5.91 Å². The molecule has 5 nitrogen and oxygen atoms in total. The van der Waals surface area contributed by atoms with Crippen molar-refractivity contribution in [3.8, 4) is 5.75 Å². The fourth-order valence-corrected chi connectivity index (χ4v) is 3.09. The van der Waals surface area contributed by atoms with Gasteiger partial charge in [-0.15, -0.1) is 0 Å². The Labute approximate surface area is 154 Å². The molecule has 0 radical (unpaired) electrons. The summed E-state index contributed by atoms with van der Waals surface area (Å²) in [6.07, 6.45) is 1.12. The molecule has 26 heavy (non-hydrogen) atoms. The predicted molar refractivity (Wildman–Crippen MR) is 103 cm³/mol. The molecule has 1 aliphatic rings. The van der Waals surface area contributed by atoms with Crippen LogP contribution in [-0.4, -0.2) is 39.3 Å². The van der Waals surface area contributed by atoms with Crippen LogP contribution in [-0.2, 0) is 22.5 Å². The largest absolute Gasteiger partial charge is 0.496 e. The second-order valence-electron chi connectivity index (χ2n) is 6.35. The van der Waals surface area contributed by atoms with Crippen LogP contribution in [0.5, 0.6) is 5.75 Å². The third-order valence-electron chi connectivity index (χ3n) is 4.62. The van der Waals surface area contributed by atoms with E-state index < -0.39 is 0 Å². The van der Waals surface area contributed by atoms with Crippen molar-refractivity contribution in [2.24, 2.45) is 0 Å². The molecule has 0 unspecified atom stereocenters. The zero-order valence-corrected chi connectivity index (χ0v) is 15.2. The van der Waals surface area contributed by atoms with Crippen LogP contribution in [0, 0.1) is 0 Å². The summed E-state index contributed by atoms with van der Waals surface area (Å²) >= 11 is 0. The highest BCUT2D eigenvalue weighted by atomic mass is 16.5. The average molecular weight is 354 g/mol. The summed E-state index contributed by atoms with van der Waals surface area (Å²) in [7, 11) is 1.65. The van der Waals surface area contributed by atoms with E-state index in [0.717, 1.165) is 43.2 Å². The summed E-state index contributed by atoms with van der Waals surface area (Å²) < 4.78 is 10.7. The SMILES string of the molecule is COc1ccccc1CCC(=O)NCc1ccc(N2CCOCC2)cc1. The number of carbonyl (C=O) groups is 1. The van der Waals surface area contributed by atoms with E-state index in [1.54, 1.807) is 7.11 Å². The van der Waals surface area contributed by atoms with E-state index in [4.69, 9.17) is 9.47 Å². The zero-order valence-electron chi connectivity index (χ0n) is 15.2. The van der Waals surface area contributed by atoms with Crippen LogP contribution in [0.1, 0.15) is 17.5 Å². The van der Waals surface area contributed by atoms with Crippen LogP contribution in [0.4, 0.5) is 5.69 Å². The van der Waals surface area contributed by atoms with Crippen molar-refractivity contribution in [1.82, 2.24) is 5.32 Å². The van der Waals surface area contributed by atoms with Crippen molar-refractivity contribution in [3.63, 3.8) is 0 Å². The maximum absolute atomic E-state index is 12.1. The van der Waals surface area contributed by atoms with Gasteiger partial charge in [0, 0.05) is 31.7 Å². The number of aryl methyl sites for hydroxylation is 1. The molecule has 1 aliphatic heterocycles. The number of hydrogen-bond donors (Lipinski definition) is 1. The van der Waals surface area contributed by atoms with Gasteiger partial charge in [-0.05, 0) is 35.7 Å². The van der Waals surface area contributed by atoms with Gasteiger partial charge < -0.3 is 19.7 Å². The van der Waals surface area contributed by atoms with E-state index in [9.17, 15) is 4.79 Å². The molecule has 0 spiro atoms. The lowest BCUT2D eigenvalue weighted by molar-refractivity contribution is -0.121. The smallest absolute Gasteiger partial charge is 0.220 e. The van der Waals surface area contributed by atoms with E-state index in [2.05, 4.69) is 34.5 Å². The van der Waals surface area contributed by atoms with Crippen LogP contribution in [0.15, 0.2) is 48.5 Å². The molecule has 0 saturated carbocycles. The summed E-state index contributed by atoms with van der Waals surface area (Å²) in [6.45, 7) is 3.97. The number of amides is 1. The molecule has 1 saturated heterocycles. The first-order valence-electron chi connectivity index (χ1n) is 9.06. The number of para-hydroxylation sites is 1. The van der Waals surface area contributed by atoms with E-state index in [0.29, 0.717) is 19.4 Å². The number of carbonyl (C=O) groups excluding carboxylic acids is 1. The van der Waals surface area contributed by atoms with Gasteiger partial charge in [0.1, 0.15) is 5.75 Å². The monoisotopic (exact) mass is 354 g/mol. The molecule has 3 rings (SSSR count). The number of ether oxygens (including phenoxy) is 2. The van der Waals surface area contributed by atoms with Crippen LogP contribution in [0.2, 0.25) is 0 Å². The summed E-state index contributed by atoms with van der Waals surface area (Å²) in [5.41, 5.74) is 3.37. The van der Waals surface area contributed by atoms with Gasteiger partial charge in [0.05, 0.1) is 20.3 Å². The number of nitrogens with zero attached hydrogens (tertiary/aromatic N) is 1. The standard InChI is InChI=1S/C21H26N2O3/c1-25-20-5-3-2-4-18(20)8-11-21(24)22-16-17-6-9-19(10-7-17)23-12-14-26-15-13-23/h2-7,9-10H,8,11-16H2,1H3,(H,22,24). The predicted octanol–water partition coefficient (Wildman–Crippen LogP) is 2.78. The molecule has 2 aromatic rings. The maximum atomic E-state index is 12.1. The topological polar surface area (TPSA) is 50.8 Å². The highest BCUT2D eigenvalue weighted by Crippen LogP contribution is 2.19. The summed E-state index contributed by atoms with van der Waals surface area (Å²) in [4.78, 5) is 14.4. The maximum Gasteiger partial charge on any atom is 0.220 e. The Morgan fingerprint density at radius 1 is 1.12 bits per heavy atom. The van der Waals surface area contributed by atoms with Crippen molar-refractivity contribution in [2.75, 3.05) is 38.3 Å². The van der Waals surface area contributed by atoms with Crippen LogP contribution < -0.4 is 15.0 Å². The molecule has 0 bridgehead atoms. The molecule has 1 amide bonds. The highest BCUT2D eigenvalue weighted by molar-refractivity contribution is 5.76. The lowest BCUT2D eigenvalue weighted by Gasteiger charge is -2.28. The van der Waals surface area contributed by atoms with Crippen molar-refractivity contribution >= 4 is 11.6 Å². The molecule has 138 valence electrons. The Balaban J connectivity index is 1.45. The number of methoxy groups -OCH3 is 1. The summed E-state index contributed by atoms with van der Waals surface area (Å²) in [5.74, 6) is 0.882. The third kappa shape index (κ3) is 4.99. The third-order valence-corrected chi connectivity index (χ3v) is 4.62. The van der Waals surface area contributed by atoms with Gasteiger partial charge in [-0.25, -0.2) is 0 Å². The fourth-order valence-electron chi connectivity index (χ4n) is 3.09. The molecular weight excluding hydrogens is 328 g/mol. The van der Waals surface area contributed by atoms with Gasteiger partial charge in [-0.1, -0.05) is 30.3 Å². The Morgan fingerprint density at radius 2 is 1.85 bits per heavy atom. The van der Waals surface area contributed by atoms with Crippen molar-refractivity contribution in [3.05, 3.63) is 59.7 Å². The number of anilines is 1. The minimum atomic E-state index is 0.0492. The van der Waals surface area contributed by atoms with E-state index in [1.165, 1.54) is 5.69 Å². The lowest BCUT2D eigenvalue weighted by atomic mass is 10.1. The van der Waals surface area contributed by atoms with Gasteiger partial charge in [0.2, 0.25) is 5.91 Å². The Bertz CT molecular complexity index is 709. The van der Waals surface area contributed by atoms with Gasteiger partial charge in [0.25, 0.3) is 0 Å². The van der Waals surface area contributed by atoms with Gasteiger partial charge >= 0.3 is 0 Å². The lowest BCUT2D eigenvalue weighted by Crippen LogP contribution is -2.36. The number of morpholine rings is 1. The summed E-state index contributed by atoms with van der Waals surface area (Å²) in [5, 5.41) is 2.99.